The van der Waals surface area contributed by atoms with E-state index in [0.717, 1.165) is 12.1 Å². The minimum absolute atomic E-state index is 0.0256. The maximum Gasteiger partial charge on any atom is 0.364 e. The maximum absolute atomic E-state index is 12.4. The van der Waals surface area contributed by atoms with Crippen molar-refractivity contribution in [1.82, 2.24) is 5.32 Å². The Balaban J connectivity index is 1.79. The third-order valence-electron chi connectivity index (χ3n) is 6.95. The van der Waals surface area contributed by atoms with Crippen LogP contribution >= 0.6 is 0 Å². The van der Waals surface area contributed by atoms with Crippen molar-refractivity contribution in [2.75, 3.05) is 6.61 Å². The summed E-state index contributed by atoms with van der Waals surface area (Å²) in [7, 11) is 0. The molecule has 11 atom stereocenters. The number of nitro benzene ring substituents is 1. The third-order valence-corrected chi connectivity index (χ3v) is 6.95. The number of carboxylic acids is 1. The van der Waals surface area contributed by atoms with E-state index in [1.807, 2.05) is 0 Å². The van der Waals surface area contributed by atoms with Crippen molar-refractivity contribution in [2.24, 2.45) is 5.92 Å². The van der Waals surface area contributed by atoms with Gasteiger partial charge < -0.3 is 54.9 Å². The number of hydrogen-bond donors (Lipinski definition) is 7. The fraction of sp³-hybridized carbons (Fsp3) is 0.667. The lowest BCUT2D eigenvalue weighted by Gasteiger charge is -2.47. The minimum Gasteiger partial charge on any atom is -0.477 e. The quantitative estimate of drug-likeness (QED) is 0.121. The first-order valence-electron chi connectivity index (χ1n) is 12.5. The Hall–Kier alpha value is -2.96. The molecule has 16 nitrogen and oxygen atoms in total. The summed E-state index contributed by atoms with van der Waals surface area (Å²) < 4.78 is 22.4. The van der Waals surface area contributed by atoms with Gasteiger partial charge in [-0.15, -0.1) is 0 Å². The number of hydrogen-bond acceptors (Lipinski definition) is 13. The number of nitro groups is 1. The Bertz CT molecular complexity index is 1050. The van der Waals surface area contributed by atoms with Crippen LogP contribution in [0.25, 0.3) is 0 Å². The normalized spacial score (nSPS) is 35.8. The van der Waals surface area contributed by atoms with Crippen LogP contribution in [0.4, 0.5) is 5.69 Å². The number of aliphatic hydroxyl groups excluding tert-OH is 5. The van der Waals surface area contributed by atoms with Crippen LogP contribution in [-0.4, -0.2) is 115 Å². The molecule has 40 heavy (non-hydrogen) atoms. The molecule has 2 heterocycles. The van der Waals surface area contributed by atoms with Crippen LogP contribution in [-0.2, 0) is 23.8 Å². The van der Waals surface area contributed by atoms with Gasteiger partial charge in [-0.25, -0.2) is 4.79 Å². The highest BCUT2D eigenvalue weighted by Crippen LogP contribution is 2.37. The van der Waals surface area contributed by atoms with Crippen LogP contribution in [0.2, 0.25) is 0 Å². The summed E-state index contributed by atoms with van der Waals surface area (Å²) in [5, 5.41) is 75.5. The zero-order valence-corrected chi connectivity index (χ0v) is 21.9. The van der Waals surface area contributed by atoms with Crippen LogP contribution in [0.3, 0.4) is 0 Å². The lowest BCUT2D eigenvalue weighted by molar-refractivity contribution is -0.384. The summed E-state index contributed by atoms with van der Waals surface area (Å²) in [5.74, 6) is -5.41. The molecule has 1 aromatic rings. The number of ether oxygens (including phenoxy) is 4. The second-order valence-electron chi connectivity index (χ2n) is 9.93. The number of rotatable bonds is 10. The highest BCUT2D eigenvalue weighted by Gasteiger charge is 2.55. The number of nitrogens with one attached hydrogen (secondary N) is 1. The average molecular weight is 575 g/mol. The lowest BCUT2D eigenvalue weighted by Crippen LogP contribution is -2.65. The van der Waals surface area contributed by atoms with E-state index in [1.165, 1.54) is 26.0 Å². The molecule has 1 aromatic carbocycles. The maximum atomic E-state index is 12.4. The van der Waals surface area contributed by atoms with Gasteiger partial charge in [0.1, 0.15) is 30.2 Å². The third kappa shape index (κ3) is 6.84. The van der Waals surface area contributed by atoms with Gasteiger partial charge >= 0.3 is 5.97 Å². The molecular formula is C24H34N2O14. The SMILES string of the molecule is CC(=O)N[C@@H](C1O[C@@](OCC2O[C@@H](Oc3ccc([N+](=O)[O-])cc3)C(O)[C@@H](O)[C@H]2O)(C(=O)O)C[C@@H](O)[C@H]1C)[C@@H](C)O. The predicted octanol–water partition coefficient (Wildman–Crippen LogP) is -1.75. The van der Waals surface area contributed by atoms with Gasteiger partial charge in [-0.1, -0.05) is 6.92 Å². The largest absolute Gasteiger partial charge is 0.477 e. The van der Waals surface area contributed by atoms with Gasteiger partial charge in [-0.3, -0.25) is 14.9 Å². The molecule has 1 amide bonds. The van der Waals surface area contributed by atoms with Gasteiger partial charge in [0, 0.05) is 31.4 Å². The summed E-state index contributed by atoms with van der Waals surface area (Å²) >= 11 is 0. The first-order chi connectivity index (χ1) is 18.7. The number of aliphatic hydroxyl groups is 5. The molecule has 3 rings (SSSR count). The Labute approximate surface area is 228 Å². The van der Waals surface area contributed by atoms with Crippen LogP contribution in [0.15, 0.2) is 24.3 Å². The van der Waals surface area contributed by atoms with Gasteiger partial charge in [0.25, 0.3) is 11.5 Å². The second kappa shape index (κ2) is 12.7. The Morgan fingerprint density at radius 2 is 1.80 bits per heavy atom. The Kier molecular flexibility index (Phi) is 10.0. The van der Waals surface area contributed by atoms with E-state index in [-0.39, 0.29) is 11.4 Å². The molecule has 2 aliphatic rings. The van der Waals surface area contributed by atoms with Crippen molar-refractivity contribution >= 4 is 17.6 Å². The Morgan fingerprint density at radius 3 is 2.33 bits per heavy atom. The number of amides is 1. The summed E-state index contributed by atoms with van der Waals surface area (Å²) in [6.45, 7) is 3.36. The highest BCUT2D eigenvalue weighted by molar-refractivity contribution is 5.76. The van der Waals surface area contributed by atoms with E-state index in [1.54, 1.807) is 6.92 Å². The fourth-order valence-corrected chi connectivity index (χ4v) is 4.61. The minimum atomic E-state index is -2.51. The molecule has 0 aromatic heterocycles. The zero-order chi connectivity index (χ0) is 29.9. The number of nitrogens with zero attached hydrogens (tertiary/aromatic N) is 1. The summed E-state index contributed by atoms with van der Waals surface area (Å²) in [5.41, 5.74) is -0.225. The summed E-state index contributed by atoms with van der Waals surface area (Å²) in [6.07, 6.45) is -12.7. The molecule has 0 spiro atoms. The van der Waals surface area contributed by atoms with Crippen LogP contribution < -0.4 is 10.1 Å². The van der Waals surface area contributed by atoms with Crippen LogP contribution in [0.5, 0.6) is 5.75 Å². The van der Waals surface area contributed by atoms with Gasteiger partial charge in [-0.2, -0.15) is 0 Å². The van der Waals surface area contributed by atoms with E-state index < -0.39 is 96.6 Å². The number of non-ortho nitro benzene ring substituents is 1. The van der Waals surface area contributed by atoms with Crippen molar-refractivity contribution in [2.45, 2.75) is 88.0 Å². The zero-order valence-electron chi connectivity index (χ0n) is 21.9. The molecular weight excluding hydrogens is 540 g/mol. The lowest BCUT2D eigenvalue weighted by atomic mass is 9.83. The number of benzene rings is 1. The molecule has 0 radical (unpaired) electrons. The first kappa shape index (κ1) is 31.6. The van der Waals surface area contributed by atoms with Crippen LogP contribution in [0.1, 0.15) is 27.2 Å². The highest BCUT2D eigenvalue weighted by atomic mass is 16.7. The van der Waals surface area contributed by atoms with E-state index >= 15 is 0 Å². The molecule has 7 N–H and O–H groups in total. The Morgan fingerprint density at radius 1 is 1.18 bits per heavy atom. The second-order valence-corrected chi connectivity index (χ2v) is 9.93. The number of carboxylic acid groups (broad SMARTS) is 1. The van der Waals surface area contributed by atoms with Gasteiger partial charge in [0.15, 0.2) is 0 Å². The van der Waals surface area contributed by atoms with Gasteiger partial charge in [-0.05, 0) is 19.1 Å². The first-order valence-corrected chi connectivity index (χ1v) is 12.5. The summed E-state index contributed by atoms with van der Waals surface area (Å²) in [6, 6.07) is 3.61. The molecule has 2 saturated heterocycles. The van der Waals surface area contributed by atoms with Crippen molar-refractivity contribution in [3.63, 3.8) is 0 Å². The van der Waals surface area contributed by atoms with Crippen molar-refractivity contribution in [1.29, 1.82) is 0 Å². The van der Waals surface area contributed by atoms with E-state index in [0.29, 0.717) is 0 Å². The molecule has 0 saturated carbocycles. The number of carbonyl (C=O) groups excluding carboxylic acids is 1. The fourth-order valence-electron chi connectivity index (χ4n) is 4.61. The van der Waals surface area contributed by atoms with Crippen molar-refractivity contribution in [3.8, 4) is 5.75 Å². The molecule has 16 heteroatoms. The standard InChI is InChI=1S/C24H34N2O14/c1-10-15(29)8-24(23(33)34,40-21(10)17(11(2)27)25-12(3)28)37-9-16-18(30)19(31)20(32)22(39-16)38-14-6-4-13(5-7-14)26(35)36/h4-7,10-11,15-22,27,29-32H,8-9H2,1-3H3,(H,25,28)(H,33,34)/t10-,11-,15-,16?,17-,18+,19+,20?,21?,22-,24-/m1/s1. The van der Waals surface area contributed by atoms with Crippen LogP contribution in [0, 0.1) is 16.0 Å². The van der Waals surface area contributed by atoms with E-state index in [4.69, 9.17) is 18.9 Å². The van der Waals surface area contributed by atoms with Crippen molar-refractivity contribution in [3.05, 3.63) is 34.4 Å². The monoisotopic (exact) mass is 574 g/mol. The summed E-state index contributed by atoms with van der Waals surface area (Å²) in [4.78, 5) is 34.3. The molecule has 2 aliphatic heterocycles. The van der Waals surface area contributed by atoms with Gasteiger partial charge in [0.05, 0.1) is 35.9 Å². The van der Waals surface area contributed by atoms with E-state index in [2.05, 4.69) is 5.32 Å². The smallest absolute Gasteiger partial charge is 0.364 e. The molecule has 3 unspecified atom stereocenters. The predicted molar refractivity (Wildman–Crippen MR) is 131 cm³/mol. The average Bonchev–Trinajstić information content (AvgIpc) is 2.88. The van der Waals surface area contributed by atoms with Crippen molar-refractivity contribution < 1.29 is 64.1 Å². The number of aliphatic carboxylic acids is 1. The molecule has 224 valence electrons. The van der Waals surface area contributed by atoms with Gasteiger partial charge in [0.2, 0.25) is 12.2 Å². The van der Waals surface area contributed by atoms with E-state index in [9.17, 15) is 50.3 Å². The molecule has 0 bridgehead atoms. The topological polar surface area (TPSA) is 248 Å². The molecule has 2 fully saturated rings. The molecule has 0 aliphatic carbocycles. The number of carbonyl (C=O) groups is 2.